The van der Waals surface area contributed by atoms with E-state index in [0.29, 0.717) is 156 Å². The first-order chi connectivity index (χ1) is 43.0. The van der Waals surface area contributed by atoms with Crippen LogP contribution < -0.4 is 18.9 Å². The molecule has 0 radical (unpaired) electrons. The molecule has 5 aliphatic rings. The SMILES string of the molecule is CCCCCC1c2cc(c3c(c2O)CN(CCCCO)CO3)C(CCCCC)c2cc(c3c(c2O)CN(CCCCO)CO3)C(CCCCC)c2cc(c3c(c2O)OCN(CCCCO)C3)C(CCCCC)c2cc1c(O)c1c2OCN(CCCCO)C1. The molecule has 4 heterocycles. The molecule has 0 fully saturated rings. The Balaban J connectivity index is 1.43. The van der Waals surface area contributed by atoms with Gasteiger partial charge in [-0.1, -0.05) is 111 Å². The van der Waals surface area contributed by atoms with Crippen LogP contribution in [0, 0.1) is 0 Å². The van der Waals surface area contributed by atoms with E-state index in [1.54, 1.807) is 0 Å². The highest BCUT2D eigenvalue weighted by molar-refractivity contribution is 5.69. The van der Waals surface area contributed by atoms with E-state index in [1.807, 2.05) is 0 Å². The predicted octanol–water partition coefficient (Wildman–Crippen LogP) is 13.4. The highest BCUT2D eigenvalue weighted by Crippen LogP contribution is 2.58. The van der Waals surface area contributed by atoms with Crippen LogP contribution in [0.5, 0.6) is 46.0 Å². The van der Waals surface area contributed by atoms with Gasteiger partial charge >= 0.3 is 0 Å². The summed E-state index contributed by atoms with van der Waals surface area (Å²) in [5, 5.41) is 93.4. The second kappa shape index (κ2) is 33.3. The molecular formula is C72H108N4O12. The van der Waals surface area contributed by atoms with Gasteiger partial charge in [0.25, 0.3) is 0 Å². The summed E-state index contributed by atoms with van der Waals surface area (Å²) in [4.78, 5) is 8.89. The molecular weight excluding hydrogens is 1110 g/mol. The van der Waals surface area contributed by atoms with Gasteiger partial charge in [-0.15, -0.1) is 0 Å². The van der Waals surface area contributed by atoms with E-state index in [0.717, 1.165) is 154 Å². The number of aromatic hydroxyl groups is 4. The maximum atomic E-state index is 13.5. The smallest absolute Gasteiger partial charge is 0.168 e. The Hall–Kier alpha value is -5.04. The molecule has 8 N–H and O–H groups in total. The van der Waals surface area contributed by atoms with Crippen molar-refractivity contribution >= 4 is 0 Å². The van der Waals surface area contributed by atoms with Crippen LogP contribution in [0.2, 0.25) is 0 Å². The van der Waals surface area contributed by atoms with E-state index in [1.165, 1.54) is 0 Å². The van der Waals surface area contributed by atoms with Gasteiger partial charge in [0.15, 0.2) is 11.5 Å². The predicted molar refractivity (Wildman–Crippen MR) is 345 cm³/mol. The Labute approximate surface area is 525 Å². The van der Waals surface area contributed by atoms with Gasteiger partial charge in [-0.2, -0.15) is 0 Å². The van der Waals surface area contributed by atoms with Crippen molar-refractivity contribution in [1.82, 2.24) is 19.6 Å². The van der Waals surface area contributed by atoms with E-state index < -0.39 is 17.8 Å². The average molecular weight is 1220 g/mol. The first kappa shape index (κ1) is 67.4. The summed E-state index contributed by atoms with van der Waals surface area (Å²) < 4.78 is 28.1. The van der Waals surface area contributed by atoms with Crippen LogP contribution in [-0.2, 0) is 26.2 Å². The average Bonchev–Trinajstić information content (AvgIpc) is 1.32. The summed E-state index contributed by atoms with van der Waals surface area (Å²) in [7, 11) is 0. The molecule has 0 amide bonds. The molecule has 9 rings (SSSR count). The largest absolute Gasteiger partial charge is 0.507 e. The molecule has 4 aromatic rings. The van der Waals surface area contributed by atoms with Crippen molar-refractivity contribution in [3.05, 3.63) is 91.0 Å². The number of hydrogen-bond acceptors (Lipinski definition) is 16. The minimum absolute atomic E-state index is 0.0860. The lowest BCUT2D eigenvalue weighted by Gasteiger charge is -2.38. The number of fused-ring (bicyclic) bond motifs is 16. The van der Waals surface area contributed by atoms with E-state index in [2.05, 4.69) is 71.6 Å². The number of aliphatic hydroxyl groups is 4. The zero-order chi connectivity index (χ0) is 62.1. The van der Waals surface area contributed by atoms with Gasteiger partial charge in [0, 0.05) is 147 Å². The lowest BCUT2D eigenvalue weighted by molar-refractivity contribution is 0.0866. The van der Waals surface area contributed by atoms with Gasteiger partial charge in [0.1, 0.15) is 61.4 Å². The van der Waals surface area contributed by atoms with Crippen molar-refractivity contribution in [3.8, 4) is 46.0 Å². The van der Waals surface area contributed by atoms with Crippen LogP contribution in [0.15, 0.2) is 24.3 Å². The molecule has 0 saturated heterocycles. The van der Waals surface area contributed by atoms with Crippen LogP contribution in [0.25, 0.3) is 0 Å². The van der Waals surface area contributed by atoms with Crippen molar-refractivity contribution in [2.24, 2.45) is 0 Å². The number of phenols is 4. The number of unbranched alkanes of at least 4 members (excludes halogenated alkanes) is 12. The molecule has 4 aliphatic heterocycles. The van der Waals surface area contributed by atoms with Crippen molar-refractivity contribution in [1.29, 1.82) is 0 Å². The number of phenolic OH excluding ortho intramolecular Hbond substituents is 4. The van der Waals surface area contributed by atoms with Crippen molar-refractivity contribution in [2.45, 2.75) is 232 Å². The van der Waals surface area contributed by atoms with Gasteiger partial charge in [-0.25, -0.2) is 0 Å². The molecule has 4 aromatic carbocycles. The van der Waals surface area contributed by atoms with E-state index in [9.17, 15) is 40.9 Å². The molecule has 8 bridgehead atoms. The fraction of sp³-hybridized carbons (Fsp3) is 0.667. The fourth-order valence-corrected chi connectivity index (χ4v) is 14.8. The Morgan fingerprint density at radius 1 is 0.307 bits per heavy atom. The number of rotatable bonds is 32. The number of benzene rings is 4. The summed E-state index contributed by atoms with van der Waals surface area (Å²) in [6.07, 6.45) is 19.6. The van der Waals surface area contributed by atoms with Crippen LogP contribution in [0.3, 0.4) is 0 Å². The second-order valence-electron chi connectivity index (χ2n) is 26.1. The van der Waals surface area contributed by atoms with Crippen molar-refractivity contribution in [2.75, 3.05) is 79.5 Å². The van der Waals surface area contributed by atoms with E-state index in [4.69, 9.17) is 18.9 Å². The van der Waals surface area contributed by atoms with Gasteiger partial charge in [0.2, 0.25) is 0 Å². The molecule has 16 nitrogen and oxygen atoms in total. The first-order valence-corrected chi connectivity index (χ1v) is 34.4. The van der Waals surface area contributed by atoms with Crippen molar-refractivity contribution in [3.63, 3.8) is 0 Å². The van der Waals surface area contributed by atoms with E-state index in [-0.39, 0.29) is 68.8 Å². The second-order valence-corrected chi connectivity index (χ2v) is 26.1. The molecule has 488 valence electrons. The highest BCUT2D eigenvalue weighted by atomic mass is 16.5. The third kappa shape index (κ3) is 15.5. The van der Waals surface area contributed by atoms with Crippen LogP contribution >= 0.6 is 0 Å². The zero-order valence-corrected chi connectivity index (χ0v) is 53.9. The zero-order valence-electron chi connectivity index (χ0n) is 53.9. The topological polar surface area (TPSA) is 212 Å². The fourth-order valence-electron chi connectivity index (χ4n) is 14.8. The number of ether oxygens (including phenoxy) is 4. The summed E-state index contributed by atoms with van der Waals surface area (Å²) in [6, 6.07) is 8.87. The maximum Gasteiger partial charge on any atom is 0.168 e. The van der Waals surface area contributed by atoms with Gasteiger partial charge in [-0.3, -0.25) is 19.6 Å². The minimum Gasteiger partial charge on any atom is -0.507 e. The maximum absolute atomic E-state index is 13.5. The number of hydrogen-bond donors (Lipinski definition) is 8. The third-order valence-corrected chi connectivity index (χ3v) is 19.7. The Morgan fingerprint density at radius 2 is 0.568 bits per heavy atom. The van der Waals surface area contributed by atoms with Gasteiger partial charge in [0.05, 0.1) is 16.7 Å². The molecule has 1 aliphatic carbocycles. The molecule has 0 saturated carbocycles. The monoisotopic (exact) mass is 1220 g/mol. The number of nitrogens with zero attached hydrogens (tertiary/aromatic N) is 4. The van der Waals surface area contributed by atoms with Crippen LogP contribution in [0.4, 0.5) is 0 Å². The van der Waals surface area contributed by atoms with Crippen molar-refractivity contribution < 1.29 is 59.8 Å². The van der Waals surface area contributed by atoms with Crippen LogP contribution in [0.1, 0.15) is 272 Å². The number of aliphatic hydroxyl groups excluding tert-OH is 4. The summed E-state index contributed by atoms with van der Waals surface area (Å²) in [5.74, 6) is 1.33. The molecule has 4 atom stereocenters. The molecule has 4 unspecified atom stereocenters. The Bertz CT molecular complexity index is 2880. The first-order valence-electron chi connectivity index (χ1n) is 34.4. The normalized spacial score (nSPS) is 19.5. The highest BCUT2D eigenvalue weighted by Gasteiger charge is 2.41. The van der Waals surface area contributed by atoms with Gasteiger partial charge < -0.3 is 59.8 Å². The molecule has 0 aromatic heterocycles. The minimum atomic E-state index is -0.499. The Morgan fingerprint density at radius 3 is 0.875 bits per heavy atom. The molecule has 0 spiro atoms. The standard InChI is InChI=1S/C72H108N4O12/c1-5-9-13-25-49-53-37-57(68(84)72-61(53)41-73(48-88-72)29-17-21-33-77)52(28-16-12-8-4)60-40-56(67(83)64-44-76(32-20-24-36-80)47-87-71(60)64)51(27-15-11-7-3)59-39-55(66(82)63-43-75(31-19-23-35-79)46-86-70(59)63)50(26-14-10-6-2)54-38-58(49)69-62(65(54)81)42-74(45-85-69)30-18-22-34-78/h37-40,49-52,77-84H,5-36,41-48H2,1-4H3. The summed E-state index contributed by atoms with van der Waals surface area (Å²) in [6.45, 7) is 14.8. The lowest BCUT2D eigenvalue weighted by atomic mass is 9.74. The molecule has 16 heteroatoms. The Kier molecular flexibility index (Phi) is 25.5. The summed E-state index contributed by atoms with van der Waals surface area (Å²) >= 11 is 0. The molecule has 88 heavy (non-hydrogen) atoms. The third-order valence-electron chi connectivity index (χ3n) is 19.7. The lowest BCUT2D eigenvalue weighted by Crippen LogP contribution is -2.35. The van der Waals surface area contributed by atoms with E-state index >= 15 is 0 Å². The quantitative estimate of drug-likeness (QED) is 0.0214. The van der Waals surface area contributed by atoms with Gasteiger partial charge in [-0.05, 0) is 101 Å². The van der Waals surface area contributed by atoms with Crippen LogP contribution in [-0.4, -0.2) is 140 Å². The summed E-state index contributed by atoms with van der Waals surface area (Å²) in [5.41, 5.74) is 9.71.